The van der Waals surface area contributed by atoms with Gasteiger partial charge in [0.1, 0.15) is 18.4 Å². The summed E-state index contributed by atoms with van der Waals surface area (Å²) in [5, 5.41) is 2.81. The van der Waals surface area contributed by atoms with Crippen LogP contribution in [0.15, 0.2) is 83.8 Å². The van der Waals surface area contributed by atoms with Crippen LogP contribution in [0.2, 0.25) is 0 Å². The molecule has 2 amide bonds. The predicted octanol–water partition coefficient (Wildman–Crippen LogP) is 4.27. The number of sulfonamides is 1. The van der Waals surface area contributed by atoms with Crippen molar-refractivity contribution in [1.82, 2.24) is 10.2 Å². The van der Waals surface area contributed by atoms with Crippen LogP contribution in [-0.2, 0) is 26.2 Å². The summed E-state index contributed by atoms with van der Waals surface area (Å²) in [4.78, 5) is 27.8. The lowest BCUT2D eigenvalue weighted by molar-refractivity contribution is -0.139. The Kier molecular flexibility index (Phi) is 9.41. The van der Waals surface area contributed by atoms with Gasteiger partial charge in [0, 0.05) is 13.1 Å². The Morgan fingerprint density at radius 3 is 2.16 bits per heavy atom. The maximum Gasteiger partial charge on any atom is 0.264 e. The number of hydrogen-bond donors (Lipinski definition) is 1. The number of rotatable bonds is 11. The largest absolute Gasteiger partial charge is 0.354 e. The molecule has 0 spiro atoms. The van der Waals surface area contributed by atoms with Crippen LogP contribution < -0.4 is 9.62 Å². The Bertz CT molecular complexity index is 1300. The van der Waals surface area contributed by atoms with Crippen molar-refractivity contribution in [2.24, 2.45) is 0 Å². The van der Waals surface area contributed by atoms with Crippen LogP contribution in [0.25, 0.3) is 0 Å². The van der Waals surface area contributed by atoms with Crippen molar-refractivity contribution >= 4 is 27.5 Å². The highest BCUT2D eigenvalue weighted by molar-refractivity contribution is 7.92. The zero-order valence-corrected chi connectivity index (χ0v) is 22.0. The standard InChI is InChI=1S/C28H32FN3O4S/c1-4-18-30-28(34)22(3)31(19-23-8-6-5-7-9-23)27(33)20-32(25-14-10-21(2)11-15-25)37(35,36)26-16-12-24(29)13-17-26/h5-17,22H,4,18-20H2,1-3H3,(H,30,34)/t22-/m0/s1. The third-order valence-electron chi connectivity index (χ3n) is 5.91. The van der Waals surface area contributed by atoms with Crippen LogP contribution in [0.5, 0.6) is 0 Å². The van der Waals surface area contributed by atoms with Gasteiger partial charge in [-0.1, -0.05) is 55.0 Å². The molecule has 7 nitrogen and oxygen atoms in total. The minimum Gasteiger partial charge on any atom is -0.354 e. The van der Waals surface area contributed by atoms with E-state index < -0.39 is 34.3 Å². The summed E-state index contributed by atoms with van der Waals surface area (Å²) in [5.41, 5.74) is 2.00. The fourth-order valence-electron chi connectivity index (χ4n) is 3.73. The van der Waals surface area contributed by atoms with Gasteiger partial charge in [0.25, 0.3) is 10.0 Å². The number of halogens is 1. The first-order chi connectivity index (χ1) is 17.6. The molecule has 1 N–H and O–H groups in total. The predicted molar refractivity (Wildman–Crippen MR) is 142 cm³/mol. The van der Waals surface area contributed by atoms with Crippen molar-refractivity contribution in [2.75, 3.05) is 17.4 Å². The molecule has 9 heteroatoms. The minimum atomic E-state index is -4.23. The summed E-state index contributed by atoms with van der Waals surface area (Å²) in [6.07, 6.45) is 0.738. The Labute approximate surface area is 218 Å². The smallest absolute Gasteiger partial charge is 0.264 e. The first kappa shape index (κ1) is 27.9. The van der Waals surface area contributed by atoms with Crippen molar-refractivity contribution in [1.29, 1.82) is 0 Å². The molecule has 0 fully saturated rings. The van der Waals surface area contributed by atoms with Gasteiger partial charge in [-0.25, -0.2) is 12.8 Å². The molecule has 3 rings (SSSR count). The average Bonchev–Trinajstić information content (AvgIpc) is 2.89. The van der Waals surface area contributed by atoms with E-state index in [1.807, 2.05) is 44.2 Å². The number of aryl methyl sites for hydroxylation is 1. The SMILES string of the molecule is CCCNC(=O)[C@H](C)N(Cc1ccccc1)C(=O)CN(c1ccc(C)cc1)S(=O)(=O)c1ccc(F)cc1. The van der Waals surface area contributed by atoms with Gasteiger partial charge >= 0.3 is 0 Å². The van der Waals surface area contributed by atoms with Crippen LogP contribution in [0, 0.1) is 12.7 Å². The zero-order chi connectivity index (χ0) is 27.0. The van der Waals surface area contributed by atoms with Gasteiger partial charge in [-0.15, -0.1) is 0 Å². The van der Waals surface area contributed by atoms with Crippen molar-refractivity contribution in [3.8, 4) is 0 Å². The van der Waals surface area contributed by atoms with Gasteiger partial charge in [0.05, 0.1) is 10.6 Å². The van der Waals surface area contributed by atoms with Crippen molar-refractivity contribution in [2.45, 2.75) is 44.7 Å². The van der Waals surface area contributed by atoms with Gasteiger partial charge in [-0.05, 0) is 62.2 Å². The highest BCUT2D eigenvalue weighted by Gasteiger charge is 2.32. The molecule has 1 atom stereocenters. The fourth-order valence-corrected chi connectivity index (χ4v) is 5.15. The van der Waals surface area contributed by atoms with Crippen molar-refractivity contribution in [3.05, 3.63) is 95.8 Å². The first-order valence-corrected chi connectivity index (χ1v) is 13.5. The quantitative estimate of drug-likeness (QED) is 0.405. The monoisotopic (exact) mass is 525 g/mol. The summed E-state index contributed by atoms with van der Waals surface area (Å²) in [6, 6.07) is 19.5. The first-order valence-electron chi connectivity index (χ1n) is 12.1. The average molecular weight is 526 g/mol. The van der Waals surface area contributed by atoms with E-state index in [4.69, 9.17) is 0 Å². The number of anilines is 1. The molecule has 0 saturated heterocycles. The summed E-state index contributed by atoms with van der Waals surface area (Å²) >= 11 is 0. The molecule has 3 aromatic rings. The lowest BCUT2D eigenvalue weighted by atomic mass is 10.1. The number of amides is 2. The van der Waals surface area contributed by atoms with E-state index in [-0.39, 0.29) is 23.0 Å². The molecule has 0 aliphatic heterocycles. The van der Waals surface area contributed by atoms with E-state index in [1.54, 1.807) is 31.2 Å². The Hall–Kier alpha value is -3.72. The molecule has 0 aliphatic rings. The third kappa shape index (κ3) is 7.16. The lowest BCUT2D eigenvalue weighted by Gasteiger charge is -2.32. The molecule has 3 aromatic carbocycles. The van der Waals surface area contributed by atoms with Crippen LogP contribution in [-0.4, -0.2) is 44.3 Å². The van der Waals surface area contributed by atoms with Gasteiger partial charge < -0.3 is 10.2 Å². The fraction of sp³-hybridized carbons (Fsp3) is 0.286. The Morgan fingerprint density at radius 1 is 0.946 bits per heavy atom. The maximum absolute atomic E-state index is 13.7. The third-order valence-corrected chi connectivity index (χ3v) is 7.70. The van der Waals surface area contributed by atoms with E-state index in [1.165, 1.54) is 17.0 Å². The van der Waals surface area contributed by atoms with E-state index in [9.17, 15) is 22.4 Å². The maximum atomic E-state index is 13.7. The van der Waals surface area contributed by atoms with E-state index in [2.05, 4.69) is 5.32 Å². The molecular formula is C28H32FN3O4S. The summed E-state index contributed by atoms with van der Waals surface area (Å²) < 4.78 is 41.8. The van der Waals surface area contributed by atoms with Crippen LogP contribution in [0.1, 0.15) is 31.4 Å². The van der Waals surface area contributed by atoms with Crippen molar-refractivity contribution in [3.63, 3.8) is 0 Å². The number of carbonyl (C=O) groups excluding carboxylic acids is 2. The molecule has 37 heavy (non-hydrogen) atoms. The summed E-state index contributed by atoms with van der Waals surface area (Å²) in [7, 11) is -4.23. The molecular weight excluding hydrogens is 493 g/mol. The second kappa shape index (κ2) is 12.5. The second-order valence-corrected chi connectivity index (χ2v) is 10.6. The molecule has 0 radical (unpaired) electrons. The molecule has 0 bridgehead atoms. The number of nitrogens with zero attached hydrogens (tertiary/aromatic N) is 2. The van der Waals surface area contributed by atoms with Crippen LogP contribution >= 0.6 is 0 Å². The highest BCUT2D eigenvalue weighted by atomic mass is 32.2. The second-order valence-electron chi connectivity index (χ2n) is 8.78. The van der Waals surface area contributed by atoms with E-state index in [0.717, 1.165) is 34.0 Å². The van der Waals surface area contributed by atoms with E-state index >= 15 is 0 Å². The number of carbonyl (C=O) groups is 2. The van der Waals surface area contributed by atoms with Gasteiger partial charge in [-0.3, -0.25) is 13.9 Å². The molecule has 0 aromatic heterocycles. The lowest BCUT2D eigenvalue weighted by Crippen LogP contribution is -2.51. The topological polar surface area (TPSA) is 86.8 Å². The highest BCUT2D eigenvalue weighted by Crippen LogP contribution is 2.25. The van der Waals surface area contributed by atoms with Gasteiger partial charge in [0.2, 0.25) is 11.8 Å². The Balaban J connectivity index is 1.99. The summed E-state index contributed by atoms with van der Waals surface area (Å²) in [5.74, 6) is -1.44. The number of hydrogen-bond acceptors (Lipinski definition) is 4. The molecule has 0 aliphatic carbocycles. The molecule has 0 heterocycles. The number of nitrogens with one attached hydrogen (secondary N) is 1. The van der Waals surface area contributed by atoms with Gasteiger partial charge in [-0.2, -0.15) is 0 Å². The molecule has 0 unspecified atom stereocenters. The summed E-state index contributed by atoms with van der Waals surface area (Å²) in [6.45, 7) is 5.46. The number of benzene rings is 3. The minimum absolute atomic E-state index is 0.124. The van der Waals surface area contributed by atoms with Crippen LogP contribution in [0.3, 0.4) is 0 Å². The molecule has 0 saturated carbocycles. The Morgan fingerprint density at radius 2 is 1.57 bits per heavy atom. The van der Waals surface area contributed by atoms with E-state index in [0.29, 0.717) is 6.54 Å². The van der Waals surface area contributed by atoms with Crippen LogP contribution in [0.4, 0.5) is 10.1 Å². The van der Waals surface area contributed by atoms with Crippen molar-refractivity contribution < 1.29 is 22.4 Å². The van der Waals surface area contributed by atoms with Gasteiger partial charge in [0.15, 0.2) is 0 Å². The molecule has 196 valence electrons. The normalized spacial score (nSPS) is 12.0. The zero-order valence-electron chi connectivity index (χ0n) is 21.2.